The minimum absolute atomic E-state index is 0.0678. The number of hydrogen-bond acceptors (Lipinski definition) is 3. The molecule has 0 aliphatic carbocycles. The molecule has 0 saturated carbocycles. The number of nitrogens with zero attached hydrogens (tertiary/aromatic N) is 1. The fourth-order valence-corrected chi connectivity index (χ4v) is 2.78. The second kappa shape index (κ2) is 4.41. The summed E-state index contributed by atoms with van der Waals surface area (Å²) >= 11 is 0. The van der Waals surface area contributed by atoms with E-state index < -0.39 is 18.1 Å². The number of carbonyl (C=O) groups excluding carboxylic acids is 1. The number of aliphatic carboxylic acids is 1. The number of fused-ring (bicyclic) bond motifs is 1. The van der Waals surface area contributed by atoms with Gasteiger partial charge in [-0.2, -0.15) is 0 Å². The predicted octanol–water partition coefficient (Wildman–Crippen LogP) is 0.365. The van der Waals surface area contributed by atoms with Gasteiger partial charge < -0.3 is 15.1 Å². The van der Waals surface area contributed by atoms with Gasteiger partial charge in [-0.1, -0.05) is 0 Å². The van der Waals surface area contributed by atoms with Gasteiger partial charge in [-0.25, -0.2) is 4.79 Å². The monoisotopic (exact) mass is 227 g/mol. The molecule has 90 valence electrons. The lowest BCUT2D eigenvalue weighted by atomic mass is 9.99. The molecule has 0 aromatic heterocycles. The van der Waals surface area contributed by atoms with Gasteiger partial charge in [-0.05, 0) is 32.1 Å². The lowest BCUT2D eigenvalue weighted by Gasteiger charge is -2.31. The van der Waals surface area contributed by atoms with Gasteiger partial charge in [-0.3, -0.25) is 4.79 Å². The molecule has 0 radical (unpaired) electrons. The Morgan fingerprint density at radius 1 is 1.31 bits per heavy atom. The summed E-state index contributed by atoms with van der Waals surface area (Å²) in [5.41, 5.74) is 0. The molecule has 3 atom stereocenters. The number of carboxylic acid groups (broad SMARTS) is 1. The maximum absolute atomic E-state index is 11.9. The zero-order valence-corrected chi connectivity index (χ0v) is 9.13. The first-order valence-corrected chi connectivity index (χ1v) is 5.81. The van der Waals surface area contributed by atoms with Crippen LogP contribution in [0.3, 0.4) is 0 Å². The van der Waals surface area contributed by atoms with Gasteiger partial charge in [0.15, 0.2) is 0 Å². The Kier molecular flexibility index (Phi) is 3.14. The molecule has 0 spiro atoms. The van der Waals surface area contributed by atoms with E-state index in [4.69, 9.17) is 5.11 Å². The number of carbonyl (C=O) groups is 2. The van der Waals surface area contributed by atoms with E-state index in [1.807, 2.05) is 0 Å². The normalized spacial score (nSPS) is 35.4. The van der Waals surface area contributed by atoms with Crippen LogP contribution in [-0.2, 0) is 9.59 Å². The maximum Gasteiger partial charge on any atom is 0.326 e. The van der Waals surface area contributed by atoms with Crippen molar-refractivity contribution in [2.24, 2.45) is 0 Å². The van der Waals surface area contributed by atoms with Gasteiger partial charge in [0.2, 0.25) is 5.91 Å². The van der Waals surface area contributed by atoms with E-state index in [-0.39, 0.29) is 11.9 Å². The lowest BCUT2D eigenvalue weighted by Crippen LogP contribution is -2.46. The van der Waals surface area contributed by atoms with Gasteiger partial charge in [0, 0.05) is 12.5 Å². The van der Waals surface area contributed by atoms with E-state index in [1.54, 1.807) is 0 Å². The van der Waals surface area contributed by atoms with E-state index in [9.17, 15) is 14.7 Å². The molecule has 1 amide bonds. The molecule has 0 aromatic rings. The molecule has 5 nitrogen and oxygen atoms in total. The third-order valence-corrected chi connectivity index (χ3v) is 3.55. The second-order valence-corrected chi connectivity index (χ2v) is 4.67. The first kappa shape index (κ1) is 11.4. The number of amides is 1. The zero-order chi connectivity index (χ0) is 11.7. The summed E-state index contributed by atoms with van der Waals surface area (Å²) in [7, 11) is 0. The summed E-state index contributed by atoms with van der Waals surface area (Å²) < 4.78 is 0. The van der Waals surface area contributed by atoms with Crippen molar-refractivity contribution in [2.45, 2.75) is 56.7 Å². The fourth-order valence-electron chi connectivity index (χ4n) is 2.78. The van der Waals surface area contributed by atoms with E-state index in [2.05, 4.69) is 0 Å². The summed E-state index contributed by atoms with van der Waals surface area (Å²) in [6.45, 7) is 0. The van der Waals surface area contributed by atoms with Crippen molar-refractivity contribution in [3.63, 3.8) is 0 Å². The van der Waals surface area contributed by atoms with Crippen LogP contribution in [0.25, 0.3) is 0 Å². The largest absolute Gasteiger partial charge is 0.480 e. The van der Waals surface area contributed by atoms with Crippen molar-refractivity contribution in [2.75, 3.05) is 0 Å². The first-order valence-electron chi connectivity index (χ1n) is 5.81. The van der Waals surface area contributed by atoms with Crippen molar-refractivity contribution in [3.05, 3.63) is 0 Å². The van der Waals surface area contributed by atoms with Crippen LogP contribution in [0.2, 0.25) is 0 Å². The van der Waals surface area contributed by atoms with Gasteiger partial charge in [-0.15, -0.1) is 0 Å². The molecule has 3 unspecified atom stereocenters. The summed E-state index contributed by atoms with van der Waals surface area (Å²) in [6.07, 6.45) is 2.99. The molecule has 2 heterocycles. The highest BCUT2D eigenvalue weighted by molar-refractivity contribution is 5.84. The van der Waals surface area contributed by atoms with E-state index >= 15 is 0 Å². The average molecular weight is 227 g/mol. The Labute approximate surface area is 94.0 Å². The molecule has 2 N–H and O–H groups in total. The summed E-state index contributed by atoms with van der Waals surface area (Å²) in [6, 6.07) is -0.758. The zero-order valence-electron chi connectivity index (χ0n) is 9.13. The first-order chi connectivity index (χ1) is 7.59. The van der Waals surface area contributed by atoms with E-state index in [0.717, 1.165) is 0 Å². The SMILES string of the molecule is O=C(O)C1CCC2CC(O)CCCC(=O)N21. The standard InChI is InChI=1S/C11H17NO4/c13-8-2-1-3-10(14)12-7(6-8)4-5-9(12)11(15)16/h7-9,13H,1-6H2,(H,15,16). The van der Waals surface area contributed by atoms with Crippen LogP contribution in [0.5, 0.6) is 0 Å². The molecule has 2 aliphatic rings. The molecule has 5 heteroatoms. The number of aliphatic hydroxyl groups excluding tert-OH is 1. The summed E-state index contributed by atoms with van der Waals surface area (Å²) in [5.74, 6) is -0.993. The summed E-state index contributed by atoms with van der Waals surface area (Å²) in [4.78, 5) is 24.4. The van der Waals surface area contributed by atoms with Crippen LogP contribution >= 0.6 is 0 Å². The molecule has 16 heavy (non-hydrogen) atoms. The molecule has 2 fully saturated rings. The fraction of sp³-hybridized carbons (Fsp3) is 0.818. The minimum atomic E-state index is -0.925. The second-order valence-electron chi connectivity index (χ2n) is 4.67. The predicted molar refractivity (Wildman–Crippen MR) is 55.8 cm³/mol. The minimum Gasteiger partial charge on any atom is -0.480 e. The maximum atomic E-state index is 11.9. The number of rotatable bonds is 1. The summed E-state index contributed by atoms with van der Waals surface area (Å²) in [5, 5.41) is 18.7. The number of hydrogen-bond donors (Lipinski definition) is 2. The molecule has 0 bridgehead atoms. The lowest BCUT2D eigenvalue weighted by molar-refractivity contribution is -0.150. The van der Waals surface area contributed by atoms with Gasteiger partial charge in [0.25, 0.3) is 0 Å². The third-order valence-electron chi connectivity index (χ3n) is 3.55. The smallest absolute Gasteiger partial charge is 0.326 e. The average Bonchev–Trinajstić information content (AvgIpc) is 2.59. The number of carboxylic acids is 1. The highest BCUT2D eigenvalue weighted by Crippen LogP contribution is 2.31. The van der Waals surface area contributed by atoms with Gasteiger partial charge in [0.05, 0.1) is 6.10 Å². The van der Waals surface area contributed by atoms with Crippen LogP contribution in [0, 0.1) is 0 Å². The third kappa shape index (κ3) is 2.04. The van der Waals surface area contributed by atoms with Crippen molar-refractivity contribution in [1.29, 1.82) is 0 Å². The Bertz CT molecular complexity index is 304. The van der Waals surface area contributed by atoms with Crippen molar-refractivity contribution in [1.82, 2.24) is 4.90 Å². The molecule has 2 rings (SSSR count). The Morgan fingerprint density at radius 3 is 2.75 bits per heavy atom. The molecular weight excluding hydrogens is 210 g/mol. The van der Waals surface area contributed by atoms with Crippen molar-refractivity contribution < 1.29 is 19.8 Å². The van der Waals surface area contributed by atoms with Crippen LogP contribution < -0.4 is 0 Å². The van der Waals surface area contributed by atoms with Crippen molar-refractivity contribution >= 4 is 11.9 Å². The molecular formula is C11H17NO4. The van der Waals surface area contributed by atoms with Crippen LogP contribution in [-0.4, -0.2) is 45.2 Å². The van der Waals surface area contributed by atoms with Crippen molar-refractivity contribution in [3.8, 4) is 0 Å². The number of aliphatic hydroxyl groups is 1. The Hall–Kier alpha value is -1.10. The molecule has 2 saturated heterocycles. The van der Waals surface area contributed by atoms with Crippen LogP contribution in [0.1, 0.15) is 38.5 Å². The van der Waals surface area contributed by atoms with E-state index in [1.165, 1.54) is 4.90 Å². The van der Waals surface area contributed by atoms with Gasteiger partial charge >= 0.3 is 5.97 Å². The Balaban J connectivity index is 2.17. The van der Waals surface area contributed by atoms with Crippen LogP contribution in [0.15, 0.2) is 0 Å². The van der Waals surface area contributed by atoms with Crippen LogP contribution in [0.4, 0.5) is 0 Å². The highest BCUT2D eigenvalue weighted by Gasteiger charge is 2.41. The Morgan fingerprint density at radius 2 is 2.06 bits per heavy atom. The highest BCUT2D eigenvalue weighted by atomic mass is 16.4. The molecule has 0 aromatic carbocycles. The van der Waals surface area contributed by atoms with E-state index in [0.29, 0.717) is 38.5 Å². The molecule has 2 aliphatic heterocycles. The quantitative estimate of drug-likeness (QED) is 0.678. The van der Waals surface area contributed by atoms with Gasteiger partial charge in [0.1, 0.15) is 6.04 Å². The topological polar surface area (TPSA) is 77.8 Å².